The van der Waals surface area contributed by atoms with Crippen LogP contribution in [0.2, 0.25) is 0 Å². The standard InChI is InChI=1S/C14H15N3O3/c1-9(10-6-4-3-5-7-10)16-13(18)12-11(14(19)20)8-15-17(12)2/h3-9H,1-2H3,(H,16,18)(H,19,20)/t9-/m0/s1. The smallest absolute Gasteiger partial charge is 0.339 e. The Labute approximate surface area is 116 Å². The van der Waals surface area contributed by atoms with Crippen LogP contribution in [0.3, 0.4) is 0 Å². The molecule has 2 N–H and O–H groups in total. The van der Waals surface area contributed by atoms with E-state index in [1.807, 2.05) is 37.3 Å². The van der Waals surface area contributed by atoms with Gasteiger partial charge in [0.2, 0.25) is 0 Å². The molecular formula is C14H15N3O3. The van der Waals surface area contributed by atoms with Gasteiger partial charge in [0.1, 0.15) is 11.3 Å². The van der Waals surface area contributed by atoms with Crippen LogP contribution in [0.5, 0.6) is 0 Å². The number of amides is 1. The van der Waals surface area contributed by atoms with Crippen molar-refractivity contribution in [1.82, 2.24) is 15.1 Å². The van der Waals surface area contributed by atoms with Crippen molar-refractivity contribution in [3.63, 3.8) is 0 Å². The second kappa shape index (κ2) is 5.56. The Morgan fingerprint density at radius 1 is 1.30 bits per heavy atom. The number of carbonyl (C=O) groups is 2. The van der Waals surface area contributed by atoms with Crippen LogP contribution in [0.15, 0.2) is 36.5 Å². The van der Waals surface area contributed by atoms with E-state index in [-0.39, 0.29) is 17.3 Å². The topological polar surface area (TPSA) is 84.2 Å². The Morgan fingerprint density at radius 3 is 2.55 bits per heavy atom. The lowest BCUT2D eigenvalue weighted by atomic mass is 10.1. The minimum absolute atomic E-state index is 0.0419. The lowest BCUT2D eigenvalue weighted by Gasteiger charge is -2.14. The SMILES string of the molecule is C[C@H](NC(=O)c1c(C(=O)O)cnn1C)c1ccccc1. The van der Waals surface area contributed by atoms with E-state index in [1.165, 1.54) is 17.9 Å². The molecule has 0 saturated carbocycles. The average molecular weight is 273 g/mol. The van der Waals surface area contributed by atoms with Crippen molar-refractivity contribution >= 4 is 11.9 Å². The fourth-order valence-electron chi connectivity index (χ4n) is 1.95. The molecule has 2 rings (SSSR count). The molecule has 1 heterocycles. The van der Waals surface area contributed by atoms with Gasteiger partial charge in [-0.3, -0.25) is 9.48 Å². The van der Waals surface area contributed by atoms with Crippen molar-refractivity contribution in [2.75, 3.05) is 0 Å². The van der Waals surface area contributed by atoms with Crippen LogP contribution in [-0.2, 0) is 7.05 Å². The van der Waals surface area contributed by atoms with E-state index in [0.717, 1.165) is 5.56 Å². The zero-order chi connectivity index (χ0) is 14.7. The number of hydrogen-bond donors (Lipinski definition) is 2. The van der Waals surface area contributed by atoms with Gasteiger partial charge >= 0.3 is 5.97 Å². The maximum Gasteiger partial charge on any atom is 0.339 e. The number of aromatic nitrogens is 2. The summed E-state index contributed by atoms with van der Waals surface area (Å²) in [6.07, 6.45) is 1.17. The number of nitrogens with zero attached hydrogens (tertiary/aromatic N) is 2. The maximum absolute atomic E-state index is 12.2. The molecule has 1 atom stereocenters. The largest absolute Gasteiger partial charge is 0.478 e. The first-order valence-electron chi connectivity index (χ1n) is 6.11. The summed E-state index contributed by atoms with van der Waals surface area (Å²) >= 11 is 0. The molecule has 6 nitrogen and oxygen atoms in total. The predicted octanol–water partition coefficient (Wildman–Crippen LogP) is 1.61. The van der Waals surface area contributed by atoms with Crippen LogP contribution in [0, 0.1) is 0 Å². The van der Waals surface area contributed by atoms with Crippen LogP contribution in [-0.4, -0.2) is 26.8 Å². The molecular weight excluding hydrogens is 258 g/mol. The number of hydrogen-bond acceptors (Lipinski definition) is 3. The molecule has 1 aromatic carbocycles. The quantitative estimate of drug-likeness (QED) is 0.886. The van der Waals surface area contributed by atoms with E-state index in [0.29, 0.717) is 0 Å². The normalized spacial score (nSPS) is 11.9. The zero-order valence-electron chi connectivity index (χ0n) is 11.2. The highest BCUT2D eigenvalue weighted by atomic mass is 16.4. The summed E-state index contributed by atoms with van der Waals surface area (Å²) in [5.41, 5.74) is 0.880. The maximum atomic E-state index is 12.2. The van der Waals surface area contributed by atoms with Gasteiger partial charge in [-0.1, -0.05) is 30.3 Å². The van der Waals surface area contributed by atoms with Gasteiger partial charge in [0.25, 0.3) is 5.91 Å². The number of nitrogens with one attached hydrogen (secondary N) is 1. The third-order valence-corrected chi connectivity index (χ3v) is 3.03. The van der Waals surface area contributed by atoms with Gasteiger partial charge in [-0.2, -0.15) is 5.10 Å². The summed E-state index contributed by atoms with van der Waals surface area (Å²) in [5, 5.41) is 15.6. The van der Waals surface area contributed by atoms with Crippen LogP contribution in [0.25, 0.3) is 0 Å². The van der Waals surface area contributed by atoms with E-state index in [2.05, 4.69) is 10.4 Å². The summed E-state index contributed by atoms with van der Waals surface area (Å²) in [6, 6.07) is 9.22. The van der Waals surface area contributed by atoms with E-state index in [1.54, 1.807) is 0 Å². The van der Waals surface area contributed by atoms with E-state index < -0.39 is 11.9 Å². The molecule has 1 amide bonds. The van der Waals surface area contributed by atoms with Gasteiger partial charge in [0.05, 0.1) is 12.2 Å². The molecule has 0 aliphatic heterocycles. The first kappa shape index (κ1) is 13.8. The summed E-state index contributed by atoms with van der Waals surface area (Å²) in [4.78, 5) is 23.3. The number of aromatic carboxylic acids is 1. The van der Waals surface area contributed by atoms with Crippen molar-refractivity contribution in [2.24, 2.45) is 7.05 Å². The van der Waals surface area contributed by atoms with E-state index >= 15 is 0 Å². The number of aryl methyl sites for hydroxylation is 1. The Bertz CT molecular complexity index is 634. The van der Waals surface area contributed by atoms with Gasteiger partial charge in [0, 0.05) is 7.05 Å². The highest BCUT2D eigenvalue weighted by Crippen LogP contribution is 2.14. The van der Waals surface area contributed by atoms with Gasteiger partial charge in [0.15, 0.2) is 0 Å². The fraction of sp³-hybridized carbons (Fsp3) is 0.214. The van der Waals surface area contributed by atoms with Crippen molar-refractivity contribution in [3.8, 4) is 0 Å². The fourth-order valence-corrected chi connectivity index (χ4v) is 1.95. The number of rotatable bonds is 4. The molecule has 104 valence electrons. The first-order chi connectivity index (χ1) is 9.50. The molecule has 0 spiro atoms. The minimum Gasteiger partial charge on any atom is -0.478 e. The predicted molar refractivity (Wildman–Crippen MR) is 72.5 cm³/mol. The Hall–Kier alpha value is -2.63. The molecule has 0 unspecified atom stereocenters. The Kier molecular flexibility index (Phi) is 3.84. The number of benzene rings is 1. The molecule has 2 aromatic rings. The molecule has 1 aromatic heterocycles. The monoisotopic (exact) mass is 273 g/mol. The molecule has 6 heteroatoms. The second-order valence-corrected chi connectivity index (χ2v) is 4.44. The van der Waals surface area contributed by atoms with Crippen molar-refractivity contribution < 1.29 is 14.7 Å². The average Bonchev–Trinajstić information content (AvgIpc) is 2.81. The van der Waals surface area contributed by atoms with Crippen LogP contribution >= 0.6 is 0 Å². The van der Waals surface area contributed by atoms with Crippen LogP contribution < -0.4 is 5.32 Å². The Balaban J connectivity index is 2.21. The van der Waals surface area contributed by atoms with Crippen LogP contribution in [0.4, 0.5) is 0 Å². The van der Waals surface area contributed by atoms with Crippen molar-refractivity contribution in [3.05, 3.63) is 53.3 Å². The van der Waals surface area contributed by atoms with E-state index in [4.69, 9.17) is 5.11 Å². The van der Waals surface area contributed by atoms with Gasteiger partial charge < -0.3 is 10.4 Å². The third-order valence-electron chi connectivity index (χ3n) is 3.03. The van der Waals surface area contributed by atoms with E-state index in [9.17, 15) is 9.59 Å². The lowest BCUT2D eigenvalue weighted by Crippen LogP contribution is -2.29. The summed E-state index contributed by atoms with van der Waals surface area (Å²) in [6.45, 7) is 1.84. The van der Waals surface area contributed by atoms with Crippen LogP contribution in [0.1, 0.15) is 39.4 Å². The van der Waals surface area contributed by atoms with Gasteiger partial charge in [-0.05, 0) is 12.5 Å². The molecule has 0 radical (unpaired) electrons. The minimum atomic E-state index is -1.17. The van der Waals surface area contributed by atoms with Gasteiger partial charge in [-0.25, -0.2) is 4.79 Å². The second-order valence-electron chi connectivity index (χ2n) is 4.44. The lowest BCUT2D eigenvalue weighted by molar-refractivity contribution is 0.0690. The summed E-state index contributed by atoms with van der Waals surface area (Å²) in [5.74, 6) is -1.63. The highest BCUT2D eigenvalue weighted by Gasteiger charge is 2.22. The van der Waals surface area contributed by atoms with Crippen molar-refractivity contribution in [2.45, 2.75) is 13.0 Å². The van der Waals surface area contributed by atoms with Crippen molar-refractivity contribution in [1.29, 1.82) is 0 Å². The highest BCUT2D eigenvalue weighted by molar-refractivity contribution is 6.03. The number of carboxylic acid groups (broad SMARTS) is 1. The first-order valence-corrected chi connectivity index (χ1v) is 6.11. The number of carboxylic acids is 1. The summed E-state index contributed by atoms with van der Waals surface area (Å²) < 4.78 is 1.26. The zero-order valence-corrected chi connectivity index (χ0v) is 11.2. The van der Waals surface area contributed by atoms with Gasteiger partial charge in [-0.15, -0.1) is 0 Å². The molecule has 20 heavy (non-hydrogen) atoms. The molecule has 0 aliphatic carbocycles. The molecule has 0 saturated heterocycles. The Morgan fingerprint density at radius 2 is 1.95 bits per heavy atom. The third kappa shape index (κ3) is 2.69. The summed E-state index contributed by atoms with van der Waals surface area (Å²) in [7, 11) is 1.54. The molecule has 0 aliphatic rings. The molecule has 0 fully saturated rings. The number of carbonyl (C=O) groups excluding carboxylic acids is 1. The molecule has 0 bridgehead atoms.